The van der Waals surface area contributed by atoms with E-state index in [1.165, 1.54) is 0 Å². The van der Waals surface area contributed by atoms with Gasteiger partial charge in [-0.15, -0.1) is 0 Å². The molecule has 1 aromatic rings. The number of anilines is 1. The predicted molar refractivity (Wildman–Crippen MR) is 86.7 cm³/mol. The molecule has 1 fully saturated rings. The number of nitrogens with zero attached hydrogens (tertiary/aromatic N) is 1. The first-order valence-electron chi connectivity index (χ1n) is 7.52. The fourth-order valence-electron chi connectivity index (χ4n) is 3.12. The number of allylic oxidation sites excluding steroid dienone is 2. The van der Waals surface area contributed by atoms with Crippen LogP contribution in [0.2, 0.25) is 0 Å². The molecule has 3 rings (SSSR count). The summed E-state index contributed by atoms with van der Waals surface area (Å²) in [6.07, 6.45) is 2.63. The Balaban J connectivity index is 1.67. The van der Waals surface area contributed by atoms with Gasteiger partial charge in [0.2, 0.25) is 17.7 Å². The second-order valence-electron chi connectivity index (χ2n) is 5.98. The highest BCUT2D eigenvalue weighted by Crippen LogP contribution is 2.38. The van der Waals surface area contributed by atoms with E-state index in [0.29, 0.717) is 23.6 Å². The number of imide groups is 1. The van der Waals surface area contributed by atoms with Gasteiger partial charge in [-0.05, 0) is 37.5 Å². The van der Waals surface area contributed by atoms with Gasteiger partial charge < -0.3 is 5.32 Å². The molecule has 1 aliphatic heterocycles. The molecule has 2 atom stereocenters. The molecule has 0 unspecified atom stereocenters. The summed E-state index contributed by atoms with van der Waals surface area (Å²) in [5.41, 5.74) is 1.67. The second-order valence-corrected chi connectivity index (χ2v) is 6.47. The Hall–Kier alpha value is -2.14. The molecule has 1 aromatic carbocycles. The standard InChI is InChI=1S/C17H17ClN2O3/c1-10-3-2-4-12(7-10)19-15(21)9-20-16(22)13-6-5-11(18)8-14(13)17(20)23/h2-5,7,13-14H,6,8-9H2,1H3,(H,19,21)/t13-,14-/m1/s1. The number of aryl methyl sites for hydroxylation is 1. The third kappa shape index (κ3) is 3.15. The summed E-state index contributed by atoms with van der Waals surface area (Å²) in [5.74, 6) is -1.76. The van der Waals surface area contributed by atoms with Crippen LogP contribution >= 0.6 is 11.6 Å². The van der Waals surface area contributed by atoms with Crippen molar-refractivity contribution in [2.75, 3.05) is 11.9 Å². The van der Waals surface area contributed by atoms with Gasteiger partial charge in [-0.3, -0.25) is 19.3 Å². The van der Waals surface area contributed by atoms with E-state index in [4.69, 9.17) is 11.6 Å². The number of nitrogens with one attached hydrogen (secondary N) is 1. The minimum atomic E-state index is -0.424. The number of amides is 3. The molecule has 1 N–H and O–H groups in total. The molecule has 1 heterocycles. The molecular weight excluding hydrogens is 316 g/mol. The summed E-state index contributed by atoms with van der Waals surface area (Å²) in [4.78, 5) is 37.9. The molecule has 0 saturated carbocycles. The third-order valence-electron chi connectivity index (χ3n) is 4.26. The van der Waals surface area contributed by atoms with Crippen LogP contribution in [0, 0.1) is 18.8 Å². The number of hydrogen-bond acceptors (Lipinski definition) is 3. The van der Waals surface area contributed by atoms with Crippen LogP contribution in [0.4, 0.5) is 5.69 Å². The predicted octanol–water partition coefficient (Wildman–Crippen LogP) is 2.45. The van der Waals surface area contributed by atoms with Gasteiger partial charge in [-0.1, -0.05) is 29.8 Å². The van der Waals surface area contributed by atoms with Crippen LogP contribution < -0.4 is 5.32 Å². The van der Waals surface area contributed by atoms with Crippen molar-refractivity contribution in [2.45, 2.75) is 19.8 Å². The van der Waals surface area contributed by atoms with Crippen LogP contribution in [0.25, 0.3) is 0 Å². The highest BCUT2D eigenvalue weighted by atomic mass is 35.5. The number of likely N-dealkylation sites (tertiary alicyclic amines) is 1. The fourth-order valence-corrected chi connectivity index (χ4v) is 3.37. The van der Waals surface area contributed by atoms with Gasteiger partial charge in [-0.2, -0.15) is 0 Å². The van der Waals surface area contributed by atoms with Crippen molar-refractivity contribution < 1.29 is 14.4 Å². The molecule has 1 aliphatic carbocycles. The number of carbonyl (C=O) groups excluding carboxylic acids is 3. The summed E-state index contributed by atoms with van der Waals surface area (Å²) in [6.45, 7) is 1.67. The van der Waals surface area contributed by atoms with E-state index < -0.39 is 5.92 Å². The summed E-state index contributed by atoms with van der Waals surface area (Å²) in [5, 5.41) is 3.33. The number of halogens is 1. The smallest absolute Gasteiger partial charge is 0.244 e. The van der Waals surface area contributed by atoms with Crippen molar-refractivity contribution in [1.82, 2.24) is 4.90 Å². The van der Waals surface area contributed by atoms with Gasteiger partial charge in [0, 0.05) is 10.7 Å². The van der Waals surface area contributed by atoms with Crippen LogP contribution in [0.5, 0.6) is 0 Å². The number of hydrogen-bond donors (Lipinski definition) is 1. The molecule has 0 spiro atoms. The Morgan fingerprint density at radius 1 is 1.30 bits per heavy atom. The van der Waals surface area contributed by atoms with Gasteiger partial charge >= 0.3 is 0 Å². The van der Waals surface area contributed by atoms with E-state index in [9.17, 15) is 14.4 Å². The summed E-state index contributed by atoms with van der Waals surface area (Å²) < 4.78 is 0. The SMILES string of the molecule is Cc1cccc(NC(=O)CN2C(=O)[C@@H]3CC=C(Cl)C[C@H]3C2=O)c1. The van der Waals surface area contributed by atoms with E-state index >= 15 is 0 Å². The summed E-state index contributed by atoms with van der Waals surface area (Å²) in [7, 11) is 0. The zero-order chi connectivity index (χ0) is 16.6. The normalized spacial score (nSPS) is 23.6. The first-order valence-corrected chi connectivity index (χ1v) is 7.90. The molecule has 1 saturated heterocycles. The lowest BCUT2D eigenvalue weighted by molar-refractivity contribution is -0.142. The van der Waals surface area contributed by atoms with E-state index in [0.717, 1.165) is 10.5 Å². The number of rotatable bonds is 3. The number of benzene rings is 1. The average Bonchev–Trinajstić information content (AvgIpc) is 2.72. The molecular formula is C17H17ClN2O3. The Kier molecular flexibility index (Phi) is 4.22. The van der Waals surface area contributed by atoms with Gasteiger partial charge in [0.15, 0.2) is 0 Å². The zero-order valence-corrected chi connectivity index (χ0v) is 13.5. The monoisotopic (exact) mass is 332 g/mol. The molecule has 0 bridgehead atoms. The van der Waals surface area contributed by atoms with E-state index in [1.807, 2.05) is 25.1 Å². The molecule has 23 heavy (non-hydrogen) atoms. The van der Waals surface area contributed by atoms with Crippen molar-refractivity contribution in [2.24, 2.45) is 11.8 Å². The van der Waals surface area contributed by atoms with Crippen LogP contribution in [0.3, 0.4) is 0 Å². The van der Waals surface area contributed by atoms with Crippen LogP contribution in [-0.4, -0.2) is 29.2 Å². The Labute approximate surface area is 139 Å². The van der Waals surface area contributed by atoms with Crippen LogP contribution in [0.1, 0.15) is 18.4 Å². The Morgan fingerprint density at radius 3 is 2.78 bits per heavy atom. The van der Waals surface area contributed by atoms with Crippen molar-refractivity contribution in [3.8, 4) is 0 Å². The molecule has 120 valence electrons. The van der Waals surface area contributed by atoms with E-state index in [-0.39, 0.29) is 30.2 Å². The summed E-state index contributed by atoms with van der Waals surface area (Å²) >= 11 is 5.97. The Bertz CT molecular complexity index is 714. The second kappa shape index (κ2) is 6.16. The maximum absolute atomic E-state index is 12.4. The average molecular weight is 333 g/mol. The van der Waals surface area contributed by atoms with E-state index in [1.54, 1.807) is 12.1 Å². The molecule has 5 nitrogen and oxygen atoms in total. The molecule has 3 amide bonds. The fraction of sp³-hybridized carbons (Fsp3) is 0.353. The minimum absolute atomic E-state index is 0.254. The van der Waals surface area contributed by atoms with Gasteiger partial charge in [0.25, 0.3) is 0 Å². The third-order valence-corrected chi connectivity index (χ3v) is 4.57. The molecule has 2 aliphatic rings. The lowest BCUT2D eigenvalue weighted by atomic mass is 9.85. The lowest BCUT2D eigenvalue weighted by Gasteiger charge is -2.17. The van der Waals surface area contributed by atoms with Crippen molar-refractivity contribution >= 4 is 35.0 Å². The van der Waals surface area contributed by atoms with E-state index in [2.05, 4.69) is 5.32 Å². The minimum Gasteiger partial charge on any atom is -0.325 e. The Morgan fingerprint density at radius 2 is 2.04 bits per heavy atom. The molecule has 6 heteroatoms. The lowest BCUT2D eigenvalue weighted by Crippen LogP contribution is -2.38. The van der Waals surface area contributed by atoms with Crippen LogP contribution in [0.15, 0.2) is 35.4 Å². The highest BCUT2D eigenvalue weighted by molar-refractivity contribution is 6.30. The van der Waals surface area contributed by atoms with Gasteiger partial charge in [0.1, 0.15) is 6.54 Å². The highest BCUT2D eigenvalue weighted by Gasteiger charge is 2.48. The van der Waals surface area contributed by atoms with Crippen molar-refractivity contribution in [1.29, 1.82) is 0 Å². The topological polar surface area (TPSA) is 66.5 Å². The van der Waals surface area contributed by atoms with Crippen molar-refractivity contribution in [3.05, 3.63) is 40.9 Å². The van der Waals surface area contributed by atoms with Gasteiger partial charge in [-0.25, -0.2) is 0 Å². The summed E-state index contributed by atoms with van der Waals surface area (Å²) in [6, 6.07) is 7.35. The first-order chi connectivity index (χ1) is 11.0. The maximum Gasteiger partial charge on any atom is 0.244 e. The maximum atomic E-state index is 12.4. The quantitative estimate of drug-likeness (QED) is 0.865. The van der Waals surface area contributed by atoms with Crippen molar-refractivity contribution in [3.63, 3.8) is 0 Å². The first kappa shape index (κ1) is 15.7. The van der Waals surface area contributed by atoms with Crippen LogP contribution in [-0.2, 0) is 14.4 Å². The zero-order valence-electron chi connectivity index (χ0n) is 12.7. The number of fused-ring (bicyclic) bond motifs is 1. The number of carbonyl (C=O) groups is 3. The molecule has 0 aromatic heterocycles. The largest absolute Gasteiger partial charge is 0.325 e. The van der Waals surface area contributed by atoms with Gasteiger partial charge in [0.05, 0.1) is 11.8 Å². The molecule has 0 radical (unpaired) electrons.